The van der Waals surface area contributed by atoms with Crippen molar-refractivity contribution in [2.24, 2.45) is 0 Å². The number of hydrogen-bond acceptors (Lipinski definition) is 5. The second-order valence-corrected chi connectivity index (χ2v) is 3.96. The van der Waals surface area contributed by atoms with Gasteiger partial charge in [0.1, 0.15) is 11.6 Å². The number of aromatic nitrogens is 4. The van der Waals surface area contributed by atoms with Crippen molar-refractivity contribution in [1.82, 2.24) is 19.9 Å². The zero-order valence-electron chi connectivity index (χ0n) is 10.6. The Hall–Kier alpha value is -2.63. The lowest BCUT2D eigenvalue weighted by Gasteiger charge is -2.02. The Morgan fingerprint density at radius 3 is 2.89 bits per heavy atom. The molecule has 0 aliphatic carbocycles. The molecule has 19 heavy (non-hydrogen) atoms. The number of imidazole rings is 1. The van der Waals surface area contributed by atoms with Crippen LogP contribution in [0.2, 0.25) is 0 Å². The summed E-state index contributed by atoms with van der Waals surface area (Å²) < 4.78 is 5.24. The number of H-pyrrole nitrogens is 1. The van der Waals surface area contributed by atoms with E-state index in [1.807, 2.05) is 31.3 Å². The highest BCUT2D eigenvalue weighted by Crippen LogP contribution is 2.26. The van der Waals surface area contributed by atoms with Crippen LogP contribution in [0.5, 0.6) is 5.88 Å². The average molecular weight is 255 g/mol. The van der Waals surface area contributed by atoms with E-state index < -0.39 is 0 Å². The van der Waals surface area contributed by atoms with Crippen LogP contribution in [0.25, 0.3) is 22.6 Å². The molecule has 0 atom stereocenters. The lowest BCUT2D eigenvalue weighted by molar-refractivity contribution is 0.399. The highest BCUT2D eigenvalue weighted by Gasteiger charge is 2.11. The van der Waals surface area contributed by atoms with Gasteiger partial charge in [-0.25, -0.2) is 15.0 Å². The predicted octanol–water partition coefficient (Wildman–Crippen LogP) is 2.07. The fourth-order valence-electron chi connectivity index (χ4n) is 1.89. The first-order valence-electron chi connectivity index (χ1n) is 5.85. The fourth-order valence-corrected chi connectivity index (χ4v) is 1.89. The molecule has 0 fully saturated rings. The van der Waals surface area contributed by atoms with Gasteiger partial charge >= 0.3 is 0 Å². The smallest absolute Gasteiger partial charge is 0.224 e. The molecule has 0 amide bonds. The molecule has 6 nitrogen and oxygen atoms in total. The molecule has 2 N–H and O–H groups in total. The molecule has 3 aromatic rings. The number of nitrogens with one attached hydrogen (secondary N) is 2. The first kappa shape index (κ1) is 11.5. The van der Waals surface area contributed by atoms with Gasteiger partial charge in [-0.1, -0.05) is 0 Å². The standard InChI is InChI=1S/C13H13N5O/c1-14-10-6-5-9-12(17-10)18-11(16-9)8-4-3-7-15-13(8)19-2/h3-7H,1-2H3,(H2,14,16,17,18). The number of methoxy groups -OCH3 is 1. The second-order valence-electron chi connectivity index (χ2n) is 3.96. The van der Waals surface area contributed by atoms with Crippen molar-refractivity contribution in [2.75, 3.05) is 19.5 Å². The SMILES string of the molecule is CNc1ccc2[nH]c(-c3cccnc3OC)nc2n1. The molecular weight excluding hydrogens is 242 g/mol. The van der Waals surface area contributed by atoms with Crippen LogP contribution in [0.4, 0.5) is 5.82 Å². The summed E-state index contributed by atoms with van der Waals surface area (Å²) in [5, 5.41) is 2.99. The third kappa shape index (κ3) is 1.97. The minimum atomic E-state index is 0.537. The Morgan fingerprint density at radius 2 is 2.11 bits per heavy atom. The van der Waals surface area contributed by atoms with Crippen LogP contribution in [0.15, 0.2) is 30.5 Å². The van der Waals surface area contributed by atoms with E-state index in [-0.39, 0.29) is 0 Å². The number of pyridine rings is 2. The van der Waals surface area contributed by atoms with Crippen molar-refractivity contribution in [3.05, 3.63) is 30.5 Å². The quantitative estimate of drug-likeness (QED) is 0.749. The van der Waals surface area contributed by atoms with E-state index in [1.54, 1.807) is 13.3 Å². The van der Waals surface area contributed by atoms with E-state index in [4.69, 9.17) is 4.74 Å². The summed E-state index contributed by atoms with van der Waals surface area (Å²) in [6.07, 6.45) is 1.68. The monoisotopic (exact) mass is 255 g/mol. The molecule has 0 aliphatic heterocycles. The van der Waals surface area contributed by atoms with Gasteiger partial charge in [-0.15, -0.1) is 0 Å². The van der Waals surface area contributed by atoms with Crippen molar-refractivity contribution in [2.45, 2.75) is 0 Å². The third-order valence-corrected chi connectivity index (χ3v) is 2.82. The number of fused-ring (bicyclic) bond motifs is 1. The van der Waals surface area contributed by atoms with E-state index in [0.29, 0.717) is 17.4 Å². The van der Waals surface area contributed by atoms with Crippen molar-refractivity contribution >= 4 is 17.0 Å². The van der Waals surface area contributed by atoms with Crippen LogP contribution in [0.1, 0.15) is 0 Å². The molecule has 0 saturated heterocycles. The summed E-state index contributed by atoms with van der Waals surface area (Å²) in [5.74, 6) is 2.01. The van der Waals surface area contributed by atoms with E-state index >= 15 is 0 Å². The summed E-state index contributed by atoms with van der Waals surface area (Å²) >= 11 is 0. The summed E-state index contributed by atoms with van der Waals surface area (Å²) in [6.45, 7) is 0. The van der Waals surface area contributed by atoms with Crippen LogP contribution < -0.4 is 10.1 Å². The van der Waals surface area contributed by atoms with Crippen LogP contribution >= 0.6 is 0 Å². The van der Waals surface area contributed by atoms with Gasteiger partial charge in [-0.3, -0.25) is 0 Å². The van der Waals surface area contributed by atoms with Crippen molar-refractivity contribution in [3.63, 3.8) is 0 Å². The van der Waals surface area contributed by atoms with Crippen molar-refractivity contribution in [3.8, 4) is 17.3 Å². The maximum Gasteiger partial charge on any atom is 0.224 e. The maximum absolute atomic E-state index is 5.24. The van der Waals surface area contributed by atoms with Gasteiger partial charge in [-0.2, -0.15) is 0 Å². The van der Waals surface area contributed by atoms with Gasteiger partial charge in [-0.05, 0) is 24.3 Å². The number of anilines is 1. The van der Waals surface area contributed by atoms with Crippen LogP contribution in [0.3, 0.4) is 0 Å². The molecular formula is C13H13N5O. The Kier molecular flexibility index (Phi) is 2.75. The van der Waals surface area contributed by atoms with E-state index in [9.17, 15) is 0 Å². The Morgan fingerprint density at radius 1 is 1.21 bits per heavy atom. The van der Waals surface area contributed by atoms with E-state index in [1.165, 1.54) is 0 Å². The normalized spacial score (nSPS) is 10.6. The molecule has 3 rings (SSSR count). The number of aromatic amines is 1. The van der Waals surface area contributed by atoms with Gasteiger partial charge in [0, 0.05) is 13.2 Å². The van der Waals surface area contributed by atoms with Gasteiger partial charge in [0.25, 0.3) is 0 Å². The Labute approximate surface area is 109 Å². The van der Waals surface area contributed by atoms with E-state index in [2.05, 4.69) is 25.3 Å². The lowest BCUT2D eigenvalue weighted by atomic mass is 10.2. The number of rotatable bonds is 3. The highest BCUT2D eigenvalue weighted by atomic mass is 16.5. The molecule has 0 aliphatic rings. The average Bonchev–Trinajstić information content (AvgIpc) is 2.89. The van der Waals surface area contributed by atoms with E-state index in [0.717, 1.165) is 16.9 Å². The van der Waals surface area contributed by atoms with Crippen molar-refractivity contribution in [1.29, 1.82) is 0 Å². The second kappa shape index (κ2) is 4.56. The first-order chi connectivity index (χ1) is 9.31. The molecule has 0 spiro atoms. The minimum Gasteiger partial charge on any atom is -0.480 e. The summed E-state index contributed by atoms with van der Waals surface area (Å²) in [6, 6.07) is 7.58. The number of hydrogen-bond donors (Lipinski definition) is 2. The van der Waals surface area contributed by atoms with Gasteiger partial charge < -0.3 is 15.0 Å². The molecule has 3 heterocycles. The van der Waals surface area contributed by atoms with Crippen molar-refractivity contribution < 1.29 is 4.74 Å². The van der Waals surface area contributed by atoms with Crippen LogP contribution in [-0.2, 0) is 0 Å². The Bertz CT molecular complexity index is 722. The van der Waals surface area contributed by atoms with Gasteiger partial charge in [0.05, 0.1) is 18.2 Å². The van der Waals surface area contributed by atoms with Gasteiger partial charge in [0.15, 0.2) is 5.65 Å². The molecule has 96 valence electrons. The Balaban J connectivity index is 2.15. The van der Waals surface area contributed by atoms with Crippen LogP contribution in [0, 0.1) is 0 Å². The molecule has 0 saturated carbocycles. The fraction of sp³-hybridized carbons (Fsp3) is 0.154. The minimum absolute atomic E-state index is 0.537. The van der Waals surface area contributed by atoms with Gasteiger partial charge in [0.2, 0.25) is 5.88 Å². The topological polar surface area (TPSA) is 75.7 Å². The number of nitrogens with zero attached hydrogens (tertiary/aromatic N) is 3. The maximum atomic E-state index is 5.24. The number of ether oxygens (including phenoxy) is 1. The molecule has 3 aromatic heterocycles. The third-order valence-electron chi connectivity index (χ3n) is 2.82. The molecule has 6 heteroatoms. The molecule has 0 unspecified atom stereocenters. The predicted molar refractivity (Wildman–Crippen MR) is 73.2 cm³/mol. The molecule has 0 aromatic carbocycles. The summed E-state index contributed by atoms with van der Waals surface area (Å²) in [4.78, 5) is 16.2. The molecule has 0 radical (unpaired) electrons. The summed E-state index contributed by atoms with van der Waals surface area (Å²) in [5.41, 5.74) is 2.35. The molecule has 0 bridgehead atoms. The largest absolute Gasteiger partial charge is 0.480 e. The zero-order chi connectivity index (χ0) is 13.2. The zero-order valence-corrected chi connectivity index (χ0v) is 10.6. The first-order valence-corrected chi connectivity index (χ1v) is 5.85. The lowest BCUT2D eigenvalue weighted by Crippen LogP contribution is -1.92. The van der Waals surface area contributed by atoms with Crippen LogP contribution in [-0.4, -0.2) is 34.1 Å². The highest BCUT2D eigenvalue weighted by molar-refractivity contribution is 5.78. The summed E-state index contributed by atoms with van der Waals surface area (Å²) in [7, 11) is 3.41.